The minimum absolute atomic E-state index is 0.257. The summed E-state index contributed by atoms with van der Waals surface area (Å²) in [6.07, 6.45) is 2.04. The zero-order chi connectivity index (χ0) is 23.6. The third-order valence-electron chi connectivity index (χ3n) is 5.66. The Morgan fingerprint density at radius 2 is 1.79 bits per heavy atom. The van der Waals surface area contributed by atoms with Gasteiger partial charge in [0.25, 0.3) is 0 Å². The molecule has 6 heteroatoms. The van der Waals surface area contributed by atoms with Crippen molar-refractivity contribution in [3.8, 4) is 22.9 Å². The lowest BCUT2D eigenvalue weighted by Gasteiger charge is -2.30. The Morgan fingerprint density at radius 1 is 1.12 bits per heavy atom. The molecule has 3 aromatic rings. The summed E-state index contributed by atoms with van der Waals surface area (Å²) in [5.41, 5.74) is 2.91. The summed E-state index contributed by atoms with van der Waals surface area (Å²) in [5, 5.41) is 15.4. The predicted molar refractivity (Wildman–Crippen MR) is 132 cm³/mol. The van der Waals surface area contributed by atoms with Crippen LogP contribution < -0.4 is 4.74 Å². The van der Waals surface area contributed by atoms with Crippen molar-refractivity contribution in [1.29, 1.82) is 0 Å². The molecular weight excluding hydrogens is 414 g/mol. The van der Waals surface area contributed by atoms with Gasteiger partial charge in [-0.25, -0.2) is 4.68 Å². The van der Waals surface area contributed by atoms with Crippen molar-refractivity contribution in [2.75, 3.05) is 19.8 Å². The third kappa shape index (κ3) is 6.78. The first-order valence-corrected chi connectivity index (χ1v) is 11.5. The quantitative estimate of drug-likeness (QED) is 0.293. The summed E-state index contributed by atoms with van der Waals surface area (Å²) in [7, 11) is 1.90. The molecule has 2 aromatic carbocycles. The highest BCUT2D eigenvalue weighted by atomic mass is 16.5. The number of ether oxygens (including phenoxy) is 2. The van der Waals surface area contributed by atoms with Gasteiger partial charge < -0.3 is 14.6 Å². The third-order valence-corrected chi connectivity index (χ3v) is 5.66. The van der Waals surface area contributed by atoms with Crippen LogP contribution in [-0.4, -0.2) is 51.7 Å². The zero-order valence-electron chi connectivity index (χ0n) is 19.9. The van der Waals surface area contributed by atoms with Crippen molar-refractivity contribution in [1.82, 2.24) is 14.7 Å². The maximum atomic E-state index is 10.6. The Balaban J connectivity index is 1.95. The SMILES string of the molecule is C=CCOCC(O)CN(Cc1c(-c2ccccc2)nn(C)c1Oc1ccccc1)C(C)CC. The van der Waals surface area contributed by atoms with Gasteiger partial charge in [0.05, 0.1) is 24.9 Å². The van der Waals surface area contributed by atoms with Crippen molar-refractivity contribution in [2.45, 2.75) is 39.0 Å². The van der Waals surface area contributed by atoms with Crippen LogP contribution in [-0.2, 0) is 18.3 Å². The monoisotopic (exact) mass is 449 g/mol. The molecule has 2 atom stereocenters. The summed E-state index contributed by atoms with van der Waals surface area (Å²) < 4.78 is 13.6. The molecule has 0 saturated carbocycles. The molecule has 0 aliphatic heterocycles. The van der Waals surface area contributed by atoms with Crippen LogP contribution >= 0.6 is 0 Å². The van der Waals surface area contributed by atoms with E-state index in [9.17, 15) is 5.11 Å². The van der Waals surface area contributed by atoms with Gasteiger partial charge in [0.1, 0.15) is 11.4 Å². The largest absolute Gasteiger partial charge is 0.439 e. The van der Waals surface area contributed by atoms with E-state index in [2.05, 4.69) is 37.5 Å². The van der Waals surface area contributed by atoms with Crippen molar-refractivity contribution >= 4 is 0 Å². The molecule has 0 bridgehead atoms. The molecule has 0 aliphatic carbocycles. The van der Waals surface area contributed by atoms with Crippen LogP contribution in [0.15, 0.2) is 73.3 Å². The molecule has 1 N–H and O–H groups in total. The maximum Gasteiger partial charge on any atom is 0.222 e. The lowest BCUT2D eigenvalue weighted by molar-refractivity contribution is 0.0156. The Bertz CT molecular complexity index is 989. The van der Waals surface area contributed by atoms with Gasteiger partial charge in [0.2, 0.25) is 5.88 Å². The predicted octanol–water partition coefficient (Wildman–Crippen LogP) is 5.04. The lowest BCUT2D eigenvalue weighted by atomic mass is 10.1. The van der Waals surface area contributed by atoms with E-state index in [1.807, 2.05) is 55.6 Å². The number of aromatic nitrogens is 2. The van der Waals surface area contributed by atoms with Gasteiger partial charge in [0.15, 0.2) is 0 Å². The van der Waals surface area contributed by atoms with Gasteiger partial charge in [-0.2, -0.15) is 5.10 Å². The van der Waals surface area contributed by atoms with Crippen LogP contribution in [0.1, 0.15) is 25.8 Å². The van der Waals surface area contributed by atoms with Crippen LogP contribution in [0.2, 0.25) is 0 Å². The topological polar surface area (TPSA) is 59.8 Å². The van der Waals surface area contributed by atoms with E-state index in [1.165, 1.54) is 0 Å². The number of hydrogen-bond acceptors (Lipinski definition) is 5. The van der Waals surface area contributed by atoms with Crippen molar-refractivity contribution in [3.63, 3.8) is 0 Å². The van der Waals surface area contributed by atoms with Gasteiger partial charge >= 0.3 is 0 Å². The molecule has 3 rings (SSSR count). The van der Waals surface area contributed by atoms with Crippen LogP contribution in [0.4, 0.5) is 0 Å². The number of aliphatic hydroxyl groups excluding tert-OH is 1. The molecule has 176 valence electrons. The highest BCUT2D eigenvalue weighted by molar-refractivity contribution is 5.65. The average Bonchev–Trinajstić information content (AvgIpc) is 3.14. The summed E-state index contributed by atoms with van der Waals surface area (Å²) in [4.78, 5) is 2.27. The Hall–Kier alpha value is -2.93. The van der Waals surface area contributed by atoms with Gasteiger partial charge in [-0.05, 0) is 25.5 Å². The second-order valence-corrected chi connectivity index (χ2v) is 8.20. The van der Waals surface area contributed by atoms with Crippen molar-refractivity contribution in [3.05, 3.63) is 78.9 Å². The molecule has 0 saturated heterocycles. The number of rotatable bonds is 13. The number of aliphatic hydroxyl groups is 1. The molecule has 1 aromatic heterocycles. The van der Waals surface area contributed by atoms with E-state index in [0.717, 1.165) is 29.0 Å². The summed E-state index contributed by atoms with van der Waals surface area (Å²) in [5.74, 6) is 1.46. The van der Waals surface area contributed by atoms with Gasteiger partial charge in [-0.1, -0.05) is 61.5 Å². The number of benzene rings is 2. The van der Waals surface area contributed by atoms with Crippen LogP contribution in [0.25, 0.3) is 11.3 Å². The first-order valence-electron chi connectivity index (χ1n) is 11.5. The summed E-state index contributed by atoms with van der Waals surface area (Å²) in [6, 6.07) is 20.1. The fraction of sp³-hybridized carbons (Fsp3) is 0.370. The van der Waals surface area contributed by atoms with E-state index in [-0.39, 0.29) is 12.6 Å². The molecular formula is C27H35N3O3. The minimum atomic E-state index is -0.603. The highest BCUT2D eigenvalue weighted by Gasteiger charge is 2.25. The summed E-state index contributed by atoms with van der Waals surface area (Å²) in [6.45, 7) is 9.76. The van der Waals surface area contributed by atoms with Crippen LogP contribution in [0, 0.1) is 0 Å². The lowest BCUT2D eigenvalue weighted by Crippen LogP contribution is -2.40. The first-order chi connectivity index (χ1) is 16.0. The number of nitrogens with zero attached hydrogens (tertiary/aromatic N) is 3. The van der Waals surface area contributed by atoms with E-state index < -0.39 is 6.10 Å². The zero-order valence-corrected chi connectivity index (χ0v) is 19.9. The number of para-hydroxylation sites is 1. The molecule has 0 aliphatic rings. The van der Waals surface area contributed by atoms with Crippen molar-refractivity contribution < 1.29 is 14.6 Å². The second kappa shape index (κ2) is 12.3. The number of hydrogen-bond donors (Lipinski definition) is 1. The van der Waals surface area contributed by atoms with Gasteiger partial charge in [0, 0.05) is 31.7 Å². The molecule has 0 radical (unpaired) electrons. The normalized spacial score (nSPS) is 13.1. The highest BCUT2D eigenvalue weighted by Crippen LogP contribution is 2.34. The fourth-order valence-electron chi connectivity index (χ4n) is 3.72. The summed E-state index contributed by atoms with van der Waals surface area (Å²) >= 11 is 0. The number of aryl methyl sites for hydroxylation is 1. The second-order valence-electron chi connectivity index (χ2n) is 8.20. The smallest absolute Gasteiger partial charge is 0.222 e. The Labute approximate surface area is 197 Å². The van der Waals surface area contributed by atoms with Gasteiger partial charge in [-0.3, -0.25) is 4.90 Å². The maximum absolute atomic E-state index is 10.6. The minimum Gasteiger partial charge on any atom is -0.439 e. The van der Waals surface area contributed by atoms with E-state index >= 15 is 0 Å². The Morgan fingerprint density at radius 3 is 2.42 bits per heavy atom. The first kappa shape index (κ1) is 24.7. The molecule has 1 heterocycles. The molecule has 0 fully saturated rings. The van der Waals surface area contributed by atoms with Crippen molar-refractivity contribution in [2.24, 2.45) is 7.05 Å². The van der Waals surface area contributed by atoms with E-state index in [1.54, 1.807) is 10.8 Å². The van der Waals surface area contributed by atoms with Gasteiger partial charge in [-0.15, -0.1) is 6.58 Å². The average molecular weight is 450 g/mol. The molecule has 33 heavy (non-hydrogen) atoms. The standard InChI is InChI=1S/C27H35N3O3/c1-5-17-32-20-23(31)18-30(21(3)6-2)19-25-26(22-13-9-7-10-14-22)28-29(4)27(25)33-24-15-11-8-12-16-24/h5,7-16,21,23,31H,1,6,17-20H2,2-4H3. The molecule has 6 nitrogen and oxygen atoms in total. The Kier molecular flexibility index (Phi) is 9.24. The molecule has 0 amide bonds. The molecule has 2 unspecified atom stereocenters. The molecule has 0 spiro atoms. The van der Waals surface area contributed by atoms with Crippen LogP contribution in [0.3, 0.4) is 0 Å². The fourth-order valence-corrected chi connectivity index (χ4v) is 3.72. The van der Waals surface area contributed by atoms with E-state index in [4.69, 9.17) is 14.6 Å². The van der Waals surface area contributed by atoms with E-state index in [0.29, 0.717) is 25.6 Å². The van der Waals surface area contributed by atoms with Crippen LogP contribution in [0.5, 0.6) is 11.6 Å².